The van der Waals surface area contributed by atoms with Crippen LogP contribution in [0.4, 0.5) is 8.78 Å². The third kappa shape index (κ3) is 3.55. The van der Waals surface area contributed by atoms with Crippen LogP contribution in [0.15, 0.2) is 47.6 Å². The van der Waals surface area contributed by atoms with Gasteiger partial charge in [-0.05, 0) is 36.4 Å². The van der Waals surface area contributed by atoms with Gasteiger partial charge in [0.1, 0.15) is 17.2 Å². The molecule has 0 saturated carbocycles. The number of nitrogens with two attached hydrogens (primary N) is 1. The molecule has 0 aromatic heterocycles. The minimum absolute atomic E-state index is 0.128. The Bertz CT molecular complexity index is 682. The normalized spacial score (nSPS) is 11.3. The van der Waals surface area contributed by atoms with Crippen molar-refractivity contribution in [3.63, 3.8) is 0 Å². The van der Waals surface area contributed by atoms with Gasteiger partial charge in [0.25, 0.3) is 0 Å². The Morgan fingerprint density at radius 1 is 1.10 bits per heavy atom. The van der Waals surface area contributed by atoms with E-state index in [2.05, 4.69) is 9.99 Å². The number of hydrogen-bond acceptors (Lipinski definition) is 3. The molecule has 0 unspecified atom stereocenters. The zero-order chi connectivity index (χ0) is 15.4. The van der Waals surface area contributed by atoms with Crippen molar-refractivity contribution in [1.82, 2.24) is 0 Å². The molecule has 2 aromatic carbocycles. The summed E-state index contributed by atoms with van der Waals surface area (Å²) in [6.45, 7) is 0. The molecular weight excluding hydrogens is 302 g/mol. The van der Waals surface area contributed by atoms with E-state index in [1.807, 2.05) is 0 Å². The van der Waals surface area contributed by atoms with Crippen LogP contribution in [0.2, 0.25) is 5.02 Å². The third-order valence-electron chi connectivity index (χ3n) is 2.53. The van der Waals surface area contributed by atoms with E-state index in [9.17, 15) is 13.6 Å². The van der Waals surface area contributed by atoms with Crippen molar-refractivity contribution in [2.24, 2.45) is 10.9 Å². The number of carbonyl (C=O) groups excluding carboxylic acids is 1. The maximum absolute atomic E-state index is 13.4. The van der Waals surface area contributed by atoms with E-state index in [4.69, 9.17) is 17.3 Å². The van der Waals surface area contributed by atoms with E-state index in [1.54, 1.807) is 24.3 Å². The Labute approximate surface area is 123 Å². The molecule has 0 heterocycles. The monoisotopic (exact) mass is 310 g/mol. The van der Waals surface area contributed by atoms with Crippen molar-refractivity contribution in [3.05, 3.63) is 70.2 Å². The summed E-state index contributed by atoms with van der Waals surface area (Å²) >= 11 is 5.71. The largest absolute Gasteiger partial charge is 0.380 e. The van der Waals surface area contributed by atoms with Gasteiger partial charge in [-0.2, -0.15) is 0 Å². The van der Waals surface area contributed by atoms with Gasteiger partial charge in [-0.3, -0.25) is 0 Å². The van der Waals surface area contributed by atoms with Crippen LogP contribution < -0.4 is 5.73 Å². The van der Waals surface area contributed by atoms with E-state index in [0.29, 0.717) is 10.6 Å². The molecule has 0 amide bonds. The fraction of sp³-hybridized carbons (Fsp3) is 0. The van der Waals surface area contributed by atoms with Crippen LogP contribution in [0.3, 0.4) is 0 Å². The summed E-state index contributed by atoms with van der Waals surface area (Å²) in [5.41, 5.74) is 5.21. The quantitative estimate of drug-likeness (QED) is 0.410. The second-order valence-corrected chi connectivity index (χ2v) is 4.40. The van der Waals surface area contributed by atoms with Gasteiger partial charge in [0, 0.05) is 10.6 Å². The fourth-order valence-electron chi connectivity index (χ4n) is 1.50. The molecule has 0 atom stereocenters. The Morgan fingerprint density at radius 2 is 1.67 bits per heavy atom. The third-order valence-corrected chi connectivity index (χ3v) is 2.79. The summed E-state index contributed by atoms with van der Waals surface area (Å²) in [5.74, 6) is -3.49. The lowest BCUT2D eigenvalue weighted by Gasteiger charge is -2.03. The van der Waals surface area contributed by atoms with Crippen LogP contribution in [0.1, 0.15) is 15.9 Å². The standard InChI is InChI=1S/C14H9ClF2N2O2/c15-9-6-4-8(5-7-9)13(18)19-21-14(20)12-10(16)2-1-3-11(12)17/h1-7H,(H2,18,19). The number of carbonyl (C=O) groups is 1. The molecule has 2 rings (SSSR count). The van der Waals surface area contributed by atoms with Gasteiger partial charge in [0.2, 0.25) is 0 Å². The molecule has 0 aliphatic heterocycles. The highest BCUT2D eigenvalue weighted by Crippen LogP contribution is 2.14. The summed E-state index contributed by atoms with van der Waals surface area (Å²) in [5, 5.41) is 3.85. The van der Waals surface area contributed by atoms with Crippen LogP contribution in [-0.4, -0.2) is 11.8 Å². The van der Waals surface area contributed by atoms with Crippen LogP contribution >= 0.6 is 11.6 Å². The summed E-state index contributed by atoms with van der Waals surface area (Å²) in [4.78, 5) is 16.0. The highest BCUT2D eigenvalue weighted by Gasteiger charge is 2.19. The summed E-state index contributed by atoms with van der Waals surface area (Å²) in [7, 11) is 0. The van der Waals surface area contributed by atoms with Crippen LogP contribution in [-0.2, 0) is 4.84 Å². The van der Waals surface area contributed by atoms with Gasteiger partial charge in [-0.25, -0.2) is 13.6 Å². The molecule has 7 heteroatoms. The Hall–Kier alpha value is -2.47. The predicted octanol–water partition coefficient (Wildman–Crippen LogP) is 3.10. The molecule has 0 aliphatic rings. The molecule has 21 heavy (non-hydrogen) atoms. The summed E-state index contributed by atoms with van der Waals surface area (Å²) in [6.07, 6.45) is 0. The van der Waals surface area contributed by atoms with Gasteiger partial charge >= 0.3 is 5.97 Å². The molecule has 0 fully saturated rings. The maximum Gasteiger partial charge on any atom is 0.371 e. The number of nitrogens with zero attached hydrogens (tertiary/aromatic N) is 1. The maximum atomic E-state index is 13.4. The van der Waals surface area contributed by atoms with Crippen LogP contribution in [0.5, 0.6) is 0 Å². The first-order valence-electron chi connectivity index (χ1n) is 5.74. The van der Waals surface area contributed by atoms with Crippen LogP contribution in [0, 0.1) is 11.6 Å². The molecule has 2 aromatic rings. The highest BCUT2D eigenvalue weighted by molar-refractivity contribution is 6.30. The highest BCUT2D eigenvalue weighted by atomic mass is 35.5. The van der Waals surface area contributed by atoms with Crippen molar-refractivity contribution in [3.8, 4) is 0 Å². The Kier molecular flexibility index (Phi) is 4.49. The minimum atomic E-state index is -1.28. The smallest absolute Gasteiger partial charge is 0.371 e. The molecule has 0 radical (unpaired) electrons. The Morgan fingerprint density at radius 3 is 2.24 bits per heavy atom. The molecule has 0 aliphatic carbocycles. The lowest BCUT2D eigenvalue weighted by molar-refractivity contribution is 0.0505. The second kappa shape index (κ2) is 6.32. The van der Waals surface area contributed by atoms with Crippen molar-refractivity contribution < 1.29 is 18.4 Å². The Balaban J connectivity index is 2.16. The molecular formula is C14H9ClF2N2O2. The number of rotatable bonds is 3. The lowest BCUT2D eigenvalue weighted by atomic mass is 10.2. The molecule has 0 saturated heterocycles. The van der Waals surface area contributed by atoms with Gasteiger partial charge < -0.3 is 10.6 Å². The molecule has 108 valence electrons. The average molecular weight is 311 g/mol. The average Bonchev–Trinajstić information content (AvgIpc) is 2.45. The number of amidine groups is 1. The second-order valence-electron chi connectivity index (χ2n) is 3.96. The van der Waals surface area contributed by atoms with Gasteiger partial charge in [-0.15, -0.1) is 0 Å². The van der Waals surface area contributed by atoms with Gasteiger partial charge in [-0.1, -0.05) is 22.8 Å². The molecule has 0 bridgehead atoms. The first-order valence-corrected chi connectivity index (χ1v) is 6.11. The lowest BCUT2D eigenvalue weighted by Crippen LogP contribution is -2.16. The fourth-order valence-corrected chi connectivity index (χ4v) is 1.63. The summed E-state index contributed by atoms with van der Waals surface area (Å²) in [6, 6.07) is 9.25. The van der Waals surface area contributed by atoms with Gasteiger partial charge in [0.05, 0.1) is 0 Å². The van der Waals surface area contributed by atoms with Crippen molar-refractivity contribution in [2.75, 3.05) is 0 Å². The zero-order valence-corrected chi connectivity index (χ0v) is 11.3. The first-order chi connectivity index (χ1) is 9.99. The number of halogens is 3. The van der Waals surface area contributed by atoms with E-state index >= 15 is 0 Å². The van der Waals surface area contributed by atoms with Crippen molar-refractivity contribution in [1.29, 1.82) is 0 Å². The zero-order valence-electron chi connectivity index (χ0n) is 10.5. The van der Waals surface area contributed by atoms with Gasteiger partial charge in [0.15, 0.2) is 5.84 Å². The summed E-state index contributed by atoms with van der Waals surface area (Å²) < 4.78 is 26.7. The van der Waals surface area contributed by atoms with E-state index in [0.717, 1.165) is 18.2 Å². The minimum Gasteiger partial charge on any atom is -0.380 e. The topological polar surface area (TPSA) is 64.7 Å². The number of hydrogen-bond donors (Lipinski definition) is 1. The van der Waals surface area contributed by atoms with E-state index < -0.39 is 23.2 Å². The van der Waals surface area contributed by atoms with E-state index in [1.165, 1.54) is 0 Å². The van der Waals surface area contributed by atoms with Crippen molar-refractivity contribution in [2.45, 2.75) is 0 Å². The predicted molar refractivity (Wildman–Crippen MR) is 73.9 cm³/mol. The van der Waals surface area contributed by atoms with Crippen LogP contribution in [0.25, 0.3) is 0 Å². The molecule has 0 spiro atoms. The SMILES string of the molecule is N/C(=N/OC(=O)c1c(F)cccc1F)c1ccc(Cl)cc1. The number of benzene rings is 2. The number of oxime groups is 1. The first kappa shape index (κ1) is 14.9. The van der Waals surface area contributed by atoms with E-state index in [-0.39, 0.29) is 5.84 Å². The molecule has 2 N–H and O–H groups in total. The van der Waals surface area contributed by atoms with Crippen molar-refractivity contribution >= 4 is 23.4 Å². The molecule has 4 nitrogen and oxygen atoms in total.